The number of rotatable bonds is 4. The van der Waals surface area contributed by atoms with Gasteiger partial charge in [0.15, 0.2) is 0 Å². The van der Waals surface area contributed by atoms with Crippen molar-refractivity contribution in [2.45, 2.75) is 25.4 Å². The molecule has 1 fully saturated rings. The van der Waals surface area contributed by atoms with Crippen LogP contribution in [0.3, 0.4) is 0 Å². The van der Waals surface area contributed by atoms with Crippen molar-refractivity contribution in [3.8, 4) is 0 Å². The quantitative estimate of drug-likeness (QED) is 0.850. The van der Waals surface area contributed by atoms with Crippen LogP contribution in [-0.2, 0) is 6.54 Å². The Labute approximate surface area is 93.5 Å². The first kappa shape index (κ1) is 11.1. The number of hydrogen-bond acceptors (Lipinski definition) is 2. The first-order chi connectivity index (χ1) is 7.58. The molecule has 86 valence electrons. The molecule has 0 amide bonds. The van der Waals surface area contributed by atoms with Crippen molar-refractivity contribution >= 4 is 5.97 Å². The third-order valence-corrected chi connectivity index (χ3v) is 2.89. The number of carboxylic acids is 1. The Hall–Kier alpha value is -1.42. The van der Waals surface area contributed by atoms with Gasteiger partial charge in [0.2, 0.25) is 0 Å². The first-order valence-electron chi connectivity index (χ1n) is 5.30. The van der Waals surface area contributed by atoms with Gasteiger partial charge in [-0.05, 0) is 32.0 Å². The molecule has 3 nitrogen and oxygen atoms in total. The SMILES string of the molecule is CN(Cc1ccc(C(=O)O)cc1F)C1CC1. The standard InChI is InChI=1S/C12H14FNO2/c1-14(10-4-5-10)7-9-3-2-8(12(15)16)6-11(9)13/h2-3,6,10H,4-5,7H2,1H3,(H,15,16). The predicted octanol–water partition coefficient (Wildman–Crippen LogP) is 2.12. The van der Waals surface area contributed by atoms with Crippen LogP contribution in [0.1, 0.15) is 28.8 Å². The van der Waals surface area contributed by atoms with Crippen molar-refractivity contribution < 1.29 is 14.3 Å². The van der Waals surface area contributed by atoms with E-state index < -0.39 is 11.8 Å². The van der Waals surface area contributed by atoms with Crippen LogP contribution >= 0.6 is 0 Å². The van der Waals surface area contributed by atoms with Gasteiger partial charge in [0, 0.05) is 18.2 Å². The van der Waals surface area contributed by atoms with Crippen LogP contribution < -0.4 is 0 Å². The average Bonchev–Trinajstić information content (AvgIpc) is 3.03. The minimum absolute atomic E-state index is 0.00433. The number of hydrogen-bond donors (Lipinski definition) is 1. The summed E-state index contributed by atoms with van der Waals surface area (Å²) < 4.78 is 13.6. The molecule has 1 aromatic carbocycles. The number of nitrogens with zero attached hydrogens (tertiary/aromatic N) is 1. The van der Waals surface area contributed by atoms with Crippen molar-refractivity contribution in [3.05, 3.63) is 35.1 Å². The Balaban J connectivity index is 2.12. The molecule has 4 heteroatoms. The summed E-state index contributed by atoms with van der Waals surface area (Å²) in [5, 5.41) is 8.70. The molecular formula is C12H14FNO2. The lowest BCUT2D eigenvalue weighted by Crippen LogP contribution is -2.20. The Morgan fingerprint density at radius 1 is 1.56 bits per heavy atom. The summed E-state index contributed by atoms with van der Waals surface area (Å²) in [6.45, 7) is 0.538. The Morgan fingerprint density at radius 2 is 2.25 bits per heavy atom. The first-order valence-corrected chi connectivity index (χ1v) is 5.30. The van der Waals surface area contributed by atoms with Crippen LogP contribution in [-0.4, -0.2) is 29.1 Å². The fourth-order valence-electron chi connectivity index (χ4n) is 1.72. The van der Waals surface area contributed by atoms with E-state index in [1.807, 2.05) is 7.05 Å². The van der Waals surface area contributed by atoms with Crippen molar-refractivity contribution in [2.24, 2.45) is 0 Å². The molecule has 0 unspecified atom stereocenters. The Bertz CT molecular complexity index is 415. The summed E-state index contributed by atoms with van der Waals surface area (Å²) in [6, 6.07) is 4.65. The molecule has 1 aliphatic carbocycles. The molecule has 0 aliphatic heterocycles. The normalized spacial score (nSPS) is 15.4. The highest BCUT2D eigenvalue weighted by Crippen LogP contribution is 2.27. The topological polar surface area (TPSA) is 40.5 Å². The molecule has 0 bridgehead atoms. The molecule has 0 aromatic heterocycles. The maximum absolute atomic E-state index is 13.6. The van der Waals surface area contributed by atoms with E-state index >= 15 is 0 Å². The zero-order valence-electron chi connectivity index (χ0n) is 9.11. The van der Waals surface area contributed by atoms with Crippen LogP contribution in [0.25, 0.3) is 0 Å². The monoisotopic (exact) mass is 223 g/mol. The summed E-state index contributed by atoms with van der Waals surface area (Å²) in [4.78, 5) is 12.7. The summed E-state index contributed by atoms with van der Waals surface area (Å²) in [6.07, 6.45) is 2.34. The van der Waals surface area contributed by atoms with Crippen LogP contribution in [0.15, 0.2) is 18.2 Å². The number of benzene rings is 1. The second-order valence-corrected chi connectivity index (χ2v) is 4.26. The fourth-order valence-corrected chi connectivity index (χ4v) is 1.72. The van der Waals surface area contributed by atoms with Gasteiger partial charge in [0.25, 0.3) is 0 Å². The molecule has 2 rings (SSSR count). The molecule has 0 atom stereocenters. The molecule has 0 saturated heterocycles. The van der Waals surface area contributed by atoms with Crippen molar-refractivity contribution in [1.82, 2.24) is 4.90 Å². The van der Waals surface area contributed by atoms with Crippen LogP contribution in [0.2, 0.25) is 0 Å². The summed E-state index contributed by atoms with van der Waals surface area (Å²) in [5.41, 5.74) is 0.551. The van der Waals surface area contributed by atoms with Crippen molar-refractivity contribution in [3.63, 3.8) is 0 Å². The number of aromatic carboxylic acids is 1. The summed E-state index contributed by atoms with van der Waals surface area (Å²) in [5.74, 6) is -1.53. The third kappa shape index (κ3) is 2.39. The molecule has 1 saturated carbocycles. The highest BCUT2D eigenvalue weighted by molar-refractivity contribution is 5.87. The lowest BCUT2D eigenvalue weighted by Gasteiger charge is -2.16. The third-order valence-electron chi connectivity index (χ3n) is 2.89. The van der Waals surface area contributed by atoms with E-state index in [1.165, 1.54) is 18.9 Å². The van der Waals surface area contributed by atoms with Gasteiger partial charge >= 0.3 is 5.97 Å². The van der Waals surface area contributed by atoms with E-state index in [1.54, 1.807) is 6.07 Å². The van der Waals surface area contributed by atoms with Gasteiger partial charge in [-0.15, -0.1) is 0 Å². The Morgan fingerprint density at radius 3 is 2.75 bits per heavy atom. The van der Waals surface area contributed by atoms with E-state index in [0.29, 0.717) is 18.2 Å². The molecule has 1 aromatic rings. The van der Waals surface area contributed by atoms with Crippen LogP contribution in [0.4, 0.5) is 4.39 Å². The molecule has 1 N–H and O–H groups in total. The zero-order chi connectivity index (χ0) is 11.7. The van der Waals surface area contributed by atoms with Crippen molar-refractivity contribution in [1.29, 1.82) is 0 Å². The predicted molar refractivity (Wildman–Crippen MR) is 57.8 cm³/mol. The second kappa shape index (κ2) is 4.22. The highest BCUT2D eigenvalue weighted by atomic mass is 19.1. The summed E-state index contributed by atoms with van der Waals surface area (Å²) in [7, 11) is 1.96. The van der Waals surface area contributed by atoms with Gasteiger partial charge in [-0.25, -0.2) is 9.18 Å². The fraction of sp³-hybridized carbons (Fsp3) is 0.417. The van der Waals surface area contributed by atoms with Gasteiger partial charge in [-0.3, -0.25) is 4.90 Å². The van der Waals surface area contributed by atoms with Crippen LogP contribution in [0.5, 0.6) is 0 Å². The molecule has 0 spiro atoms. The minimum atomic E-state index is -1.10. The highest BCUT2D eigenvalue weighted by Gasteiger charge is 2.26. The minimum Gasteiger partial charge on any atom is -0.478 e. The van der Waals surface area contributed by atoms with Gasteiger partial charge in [0.1, 0.15) is 5.82 Å². The van der Waals surface area contributed by atoms with Gasteiger partial charge < -0.3 is 5.11 Å². The number of halogens is 1. The lowest BCUT2D eigenvalue weighted by atomic mass is 10.1. The van der Waals surface area contributed by atoms with Gasteiger partial charge in [0.05, 0.1) is 5.56 Å². The van der Waals surface area contributed by atoms with Gasteiger partial charge in [-0.2, -0.15) is 0 Å². The van der Waals surface area contributed by atoms with E-state index in [0.717, 1.165) is 6.07 Å². The number of carboxylic acid groups (broad SMARTS) is 1. The van der Waals surface area contributed by atoms with E-state index in [-0.39, 0.29) is 5.56 Å². The molecular weight excluding hydrogens is 209 g/mol. The number of carbonyl (C=O) groups is 1. The smallest absolute Gasteiger partial charge is 0.335 e. The van der Waals surface area contributed by atoms with E-state index in [9.17, 15) is 9.18 Å². The zero-order valence-corrected chi connectivity index (χ0v) is 9.11. The average molecular weight is 223 g/mol. The largest absolute Gasteiger partial charge is 0.478 e. The molecule has 1 aliphatic rings. The molecule has 0 radical (unpaired) electrons. The van der Waals surface area contributed by atoms with E-state index in [2.05, 4.69) is 4.90 Å². The second-order valence-electron chi connectivity index (χ2n) is 4.26. The maximum Gasteiger partial charge on any atom is 0.335 e. The van der Waals surface area contributed by atoms with E-state index in [4.69, 9.17) is 5.11 Å². The molecule has 16 heavy (non-hydrogen) atoms. The summed E-state index contributed by atoms with van der Waals surface area (Å²) >= 11 is 0. The van der Waals surface area contributed by atoms with Crippen molar-refractivity contribution in [2.75, 3.05) is 7.05 Å². The van der Waals surface area contributed by atoms with Gasteiger partial charge in [-0.1, -0.05) is 6.07 Å². The Kier molecular flexibility index (Phi) is 2.92. The lowest BCUT2D eigenvalue weighted by molar-refractivity contribution is 0.0696. The maximum atomic E-state index is 13.6. The van der Waals surface area contributed by atoms with Crippen LogP contribution in [0, 0.1) is 5.82 Å². The molecule has 0 heterocycles.